The van der Waals surface area contributed by atoms with Gasteiger partial charge in [0.1, 0.15) is 10.0 Å². The SMILES string of the molecule is Cc1cc(CC(=O)c2csc(S(=O)(=O)N[C@H]3CCOC3)c2)ccc1F. The van der Waals surface area contributed by atoms with Crippen LogP contribution in [0.25, 0.3) is 0 Å². The summed E-state index contributed by atoms with van der Waals surface area (Å²) < 4.78 is 45.9. The molecule has 1 aliphatic rings. The van der Waals surface area contributed by atoms with Crippen LogP contribution >= 0.6 is 11.3 Å². The van der Waals surface area contributed by atoms with Gasteiger partial charge in [-0.15, -0.1) is 11.3 Å². The third-order valence-electron chi connectivity index (χ3n) is 4.00. The topological polar surface area (TPSA) is 72.5 Å². The van der Waals surface area contributed by atoms with Crippen molar-refractivity contribution in [3.63, 3.8) is 0 Å². The fourth-order valence-corrected chi connectivity index (χ4v) is 5.07. The number of hydrogen-bond donors (Lipinski definition) is 1. The Bertz CT molecular complexity index is 886. The van der Waals surface area contributed by atoms with Crippen LogP contribution in [0.3, 0.4) is 0 Å². The Labute approximate surface area is 149 Å². The van der Waals surface area contributed by atoms with Crippen molar-refractivity contribution in [1.29, 1.82) is 0 Å². The molecule has 0 radical (unpaired) electrons. The van der Waals surface area contributed by atoms with E-state index in [1.807, 2.05) is 0 Å². The molecule has 2 heterocycles. The second kappa shape index (κ2) is 7.33. The molecule has 0 unspecified atom stereocenters. The van der Waals surface area contributed by atoms with Gasteiger partial charge in [0.25, 0.3) is 0 Å². The Morgan fingerprint density at radius 1 is 1.40 bits per heavy atom. The van der Waals surface area contributed by atoms with Crippen LogP contribution in [0.15, 0.2) is 33.9 Å². The number of nitrogens with one attached hydrogen (secondary N) is 1. The van der Waals surface area contributed by atoms with Crippen LogP contribution in [0.2, 0.25) is 0 Å². The molecule has 0 amide bonds. The number of aryl methyl sites for hydroxylation is 1. The van der Waals surface area contributed by atoms with E-state index in [1.165, 1.54) is 12.1 Å². The van der Waals surface area contributed by atoms with Crippen molar-refractivity contribution in [3.8, 4) is 0 Å². The zero-order chi connectivity index (χ0) is 18.0. The van der Waals surface area contributed by atoms with Gasteiger partial charge in [0.2, 0.25) is 10.0 Å². The van der Waals surface area contributed by atoms with E-state index < -0.39 is 10.0 Å². The van der Waals surface area contributed by atoms with Gasteiger partial charge in [-0.2, -0.15) is 0 Å². The predicted molar refractivity (Wildman–Crippen MR) is 93.0 cm³/mol. The lowest BCUT2D eigenvalue weighted by Gasteiger charge is -2.09. The second-order valence-corrected chi connectivity index (χ2v) is 8.87. The highest BCUT2D eigenvalue weighted by atomic mass is 32.2. The van der Waals surface area contributed by atoms with Crippen molar-refractivity contribution in [2.24, 2.45) is 0 Å². The number of ether oxygens (including phenoxy) is 1. The van der Waals surface area contributed by atoms with Gasteiger partial charge in [-0.25, -0.2) is 17.5 Å². The molecule has 5 nitrogen and oxygen atoms in total. The van der Waals surface area contributed by atoms with Crippen LogP contribution in [0, 0.1) is 12.7 Å². The summed E-state index contributed by atoms with van der Waals surface area (Å²) in [5, 5.41) is 1.54. The van der Waals surface area contributed by atoms with E-state index in [9.17, 15) is 17.6 Å². The molecule has 0 spiro atoms. The van der Waals surface area contributed by atoms with Gasteiger partial charge in [0.05, 0.1) is 6.61 Å². The third kappa shape index (κ3) is 4.33. The van der Waals surface area contributed by atoms with E-state index in [2.05, 4.69) is 4.72 Å². The molecule has 1 N–H and O–H groups in total. The molecular weight excluding hydrogens is 365 g/mol. The van der Waals surface area contributed by atoms with Crippen molar-refractivity contribution in [3.05, 3.63) is 52.2 Å². The molecule has 25 heavy (non-hydrogen) atoms. The lowest BCUT2D eigenvalue weighted by atomic mass is 10.0. The highest BCUT2D eigenvalue weighted by Gasteiger charge is 2.25. The standard InChI is InChI=1S/C17H18FNO4S2/c1-11-6-12(2-3-15(11)18)7-16(20)13-8-17(24-10-13)25(21,22)19-14-4-5-23-9-14/h2-3,6,8,10,14,19H,4-5,7,9H2,1H3/t14-/m0/s1. The second-order valence-electron chi connectivity index (χ2n) is 6.02. The average molecular weight is 383 g/mol. The van der Waals surface area contributed by atoms with Crippen LogP contribution in [-0.2, 0) is 21.2 Å². The van der Waals surface area contributed by atoms with Crippen LogP contribution in [0.5, 0.6) is 0 Å². The Balaban J connectivity index is 1.71. The molecule has 1 aromatic carbocycles. The number of Topliss-reactive ketones (excluding diaryl/α,β-unsaturated/α-hetero) is 1. The Hall–Kier alpha value is -1.61. The number of hydrogen-bond acceptors (Lipinski definition) is 5. The van der Waals surface area contributed by atoms with E-state index in [0.717, 1.165) is 11.3 Å². The van der Waals surface area contributed by atoms with Crippen LogP contribution in [-0.4, -0.2) is 33.5 Å². The number of sulfonamides is 1. The monoisotopic (exact) mass is 383 g/mol. The molecule has 8 heteroatoms. The third-order valence-corrected chi connectivity index (χ3v) is 6.96. The minimum absolute atomic E-state index is 0.0984. The van der Waals surface area contributed by atoms with Crippen molar-refractivity contribution in [2.75, 3.05) is 13.2 Å². The lowest BCUT2D eigenvalue weighted by Crippen LogP contribution is -2.34. The Morgan fingerprint density at radius 3 is 2.88 bits per heavy atom. The largest absolute Gasteiger partial charge is 0.380 e. The van der Waals surface area contributed by atoms with Gasteiger partial charge in [-0.1, -0.05) is 12.1 Å². The van der Waals surface area contributed by atoms with E-state index in [4.69, 9.17) is 4.74 Å². The number of rotatable bonds is 6. The highest BCUT2D eigenvalue weighted by molar-refractivity contribution is 7.91. The lowest BCUT2D eigenvalue weighted by molar-refractivity contribution is 0.0993. The first-order valence-corrected chi connectivity index (χ1v) is 10.2. The molecule has 1 aromatic heterocycles. The normalized spacial score (nSPS) is 17.8. The fourth-order valence-electron chi connectivity index (χ4n) is 2.61. The summed E-state index contributed by atoms with van der Waals surface area (Å²) in [6.45, 7) is 2.54. The molecule has 1 atom stereocenters. The van der Waals surface area contributed by atoms with E-state index in [1.54, 1.807) is 24.4 Å². The van der Waals surface area contributed by atoms with E-state index in [0.29, 0.717) is 36.3 Å². The summed E-state index contributed by atoms with van der Waals surface area (Å²) in [6.07, 6.45) is 0.738. The molecule has 134 valence electrons. The number of ketones is 1. The summed E-state index contributed by atoms with van der Waals surface area (Å²) in [5.74, 6) is -0.519. The van der Waals surface area contributed by atoms with Gasteiger partial charge >= 0.3 is 0 Å². The Morgan fingerprint density at radius 2 is 2.20 bits per heavy atom. The van der Waals surface area contributed by atoms with Crippen LogP contribution < -0.4 is 4.72 Å². The minimum Gasteiger partial charge on any atom is -0.380 e. The maximum absolute atomic E-state index is 13.3. The molecule has 1 fully saturated rings. The quantitative estimate of drug-likeness (QED) is 0.779. The molecule has 0 bridgehead atoms. The summed E-state index contributed by atoms with van der Waals surface area (Å²) in [7, 11) is -3.65. The molecule has 0 saturated carbocycles. The summed E-state index contributed by atoms with van der Waals surface area (Å²) in [6, 6.07) is 5.68. The van der Waals surface area contributed by atoms with Gasteiger partial charge in [0.15, 0.2) is 5.78 Å². The first-order chi connectivity index (χ1) is 11.8. The molecule has 2 aromatic rings. The van der Waals surface area contributed by atoms with Crippen molar-refractivity contribution >= 4 is 27.1 Å². The van der Waals surface area contributed by atoms with E-state index >= 15 is 0 Å². The van der Waals surface area contributed by atoms with Gasteiger partial charge in [-0.05, 0) is 36.6 Å². The van der Waals surface area contributed by atoms with Gasteiger partial charge < -0.3 is 4.74 Å². The summed E-state index contributed by atoms with van der Waals surface area (Å²) in [5.41, 5.74) is 1.51. The maximum Gasteiger partial charge on any atom is 0.250 e. The first-order valence-electron chi connectivity index (χ1n) is 7.82. The van der Waals surface area contributed by atoms with Gasteiger partial charge in [0, 0.05) is 30.0 Å². The van der Waals surface area contributed by atoms with Crippen molar-refractivity contribution in [2.45, 2.75) is 30.0 Å². The number of halogens is 1. The minimum atomic E-state index is -3.65. The molecule has 3 rings (SSSR count). The van der Waals surface area contributed by atoms with Crippen LogP contribution in [0.4, 0.5) is 4.39 Å². The zero-order valence-electron chi connectivity index (χ0n) is 13.6. The molecule has 0 aliphatic carbocycles. The van der Waals surface area contributed by atoms with E-state index in [-0.39, 0.29) is 28.3 Å². The van der Waals surface area contributed by atoms with Crippen LogP contribution in [0.1, 0.15) is 27.9 Å². The predicted octanol–water partition coefficient (Wildman–Crippen LogP) is 2.69. The number of carbonyl (C=O) groups excluding carboxylic acids is 1. The Kier molecular flexibility index (Phi) is 5.33. The van der Waals surface area contributed by atoms with Crippen molar-refractivity contribution < 1.29 is 22.3 Å². The zero-order valence-corrected chi connectivity index (χ0v) is 15.3. The number of thiophene rings is 1. The highest BCUT2D eigenvalue weighted by Crippen LogP contribution is 2.23. The summed E-state index contributed by atoms with van der Waals surface area (Å²) >= 11 is 1.01. The smallest absolute Gasteiger partial charge is 0.250 e. The fraction of sp³-hybridized carbons (Fsp3) is 0.353. The van der Waals surface area contributed by atoms with Crippen molar-refractivity contribution in [1.82, 2.24) is 4.72 Å². The van der Waals surface area contributed by atoms with Gasteiger partial charge in [-0.3, -0.25) is 4.79 Å². The number of carbonyl (C=O) groups is 1. The first kappa shape index (κ1) is 18.2. The maximum atomic E-state index is 13.3. The molecular formula is C17H18FNO4S2. The molecule has 1 aliphatic heterocycles. The number of benzene rings is 1. The molecule has 1 saturated heterocycles. The average Bonchev–Trinajstić information content (AvgIpc) is 3.22. The summed E-state index contributed by atoms with van der Waals surface area (Å²) in [4.78, 5) is 12.4.